The van der Waals surface area contributed by atoms with E-state index >= 15 is 0 Å². The molecular formula is C17H21N3O3. The lowest BCUT2D eigenvalue weighted by atomic mass is 10.1. The molecule has 0 saturated heterocycles. The highest BCUT2D eigenvalue weighted by atomic mass is 16.5. The van der Waals surface area contributed by atoms with Gasteiger partial charge in [0.1, 0.15) is 6.26 Å². The minimum absolute atomic E-state index is 0.00327. The van der Waals surface area contributed by atoms with E-state index in [1.165, 1.54) is 6.26 Å². The molecule has 1 heterocycles. The maximum Gasteiger partial charge on any atom is 0.245 e. The molecule has 1 aromatic heterocycles. The molecule has 0 spiro atoms. The van der Waals surface area contributed by atoms with E-state index < -0.39 is 0 Å². The van der Waals surface area contributed by atoms with Crippen LogP contribution in [0, 0.1) is 5.92 Å². The van der Waals surface area contributed by atoms with Crippen molar-refractivity contribution in [1.82, 2.24) is 10.1 Å². The zero-order valence-corrected chi connectivity index (χ0v) is 13.4. The molecule has 0 aliphatic carbocycles. The van der Waals surface area contributed by atoms with E-state index in [1.54, 1.807) is 11.0 Å². The second-order valence-electron chi connectivity index (χ2n) is 5.76. The molecule has 122 valence electrons. The number of carbonyl (C=O) groups excluding carboxylic acids is 2. The predicted octanol–water partition coefficient (Wildman–Crippen LogP) is 2.34. The Hall–Kier alpha value is -2.63. The molecular weight excluding hydrogens is 294 g/mol. The molecule has 1 aromatic carbocycles. The van der Waals surface area contributed by atoms with Crippen LogP contribution in [0.3, 0.4) is 0 Å². The second-order valence-corrected chi connectivity index (χ2v) is 5.76. The summed E-state index contributed by atoms with van der Waals surface area (Å²) >= 11 is 0. The van der Waals surface area contributed by atoms with Gasteiger partial charge in [-0.1, -0.05) is 49.3 Å². The quantitative estimate of drug-likeness (QED) is 0.851. The van der Waals surface area contributed by atoms with Gasteiger partial charge in [0.2, 0.25) is 11.8 Å². The Morgan fingerprint density at radius 2 is 1.96 bits per heavy atom. The van der Waals surface area contributed by atoms with E-state index in [9.17, 15) is 9.59 Å². The van der Waals surface area contributed by atoms with Gasteiger partial charge in [0.05, 0.1) is 13.0 Å². The average molecular weight is 315 g/mol. The number of hydrogen-bond acceptors (Lipinski definition) is 4. The molecule has 2 rings (SSSR count). The molecule has 0 fully saturated rings. The van der Waals surface area contributed by atoms with Crippen LogP contribution in [0.15, 0.2) is 47.2 Å². The SMILES string of the molecule is CC(C)CN(CC(=O)Nc1ccon1)C(=O)Cc1ccccc1. The lowest BCUT2D eigenvalue weighted by Crippen LogP contribution is -2.41. The molecule has 0 aliphatic heterocycles. The first kappa shape index (κ1) is 16.7. The van der Waals surface area contributed by atoms with E-state index in [1.807, 2.05) is 44.2 Å². The first-order valence-electron chi connectivity index (χ1n) is 7.56. The van der Waals surface area contributed by atoms with E-state index in [-0.39, 0.29) is 30.7 Å². The van der Waals surface area contributed by atoms with Crippen LogP contribution in [0.4, 0.5) is 5.82 Å². The Morgan fingerprint density at radius 3 is 2.57 bits per heavy atom. The number of anilines is 1. The van der Waals surface area contributed by atoms with Crippen molar-refractivity contribution in [3.63, 3.8) is 0 Å². The summed E-state index contributed by atoms with van der Waals surface area (Å²) < 4.78 is 4.67. The van der Waals surface area contributed by atoms with Gasteiger partial charge in [-0.15, -0.1) is 0 Å². The van der Waals surface area contributed by atoms with Crippen LogP contribution in [0.1, 0.15) is 19.4 Å². The second kappa shape index (κ2) is 8.12. The monoisotopic (exact) mass is 315 g/mol. The number of rotatable bonds is 7. The van der Waals surface area contributed by atoms with Crippen molar-refractivity contribution in [2.75, 3.05) is 18.4 Å². The number of nitrogens with zero attached hydrogens (tertiary/aromatic N) is 2. The number of aromatic nitrogens is 1. The van der Waals surface area contributed by atoms with Crippen molar-refractivity contribution in [3.05, 3.63) is 48.2 Å². The largest absolute Gasteiger partial charge is 0.363 e. The summed E-state index contributed by atoms with van der Waals surface area (Å²) in [6.07, 6.45) is 1.66. The first-order valence-corrected chi connectivity index (χ1v) is 7.56. The van der Waals surface area contributed by atoms with Crippen LogP contribution in [0.25, 0.3) is 0 Å². The Bertz CT molecular complexity index is 624. The topological polar surface area (TPSA) is 75.4 Å². The Kier molecular flexibility index (Phi) is 5.91. The van der Waals surface area contributed by atoms with Crippen molar-refractivity contribution >= 4 is 17.6 Å². The van der Waals surface area contributed by atoms with E-state index in [4.69, 9.17) is 0 Å². The van der Waals surface area contributed by atoms with E-state index in [2.05, 4.69) is 15.0 Å². The summed E-state index contributed by atoms with van der Waals surface area (Å²) in [5.41, 5.74) is 0.933. The number of amides is 2. The zero-order valence-electron chi connectivity index (χ0n) is 13.4. The summed E-state index contributed by atoms with van der Waals surface area (Å²) in [4.78, 5) is 26.1. The summed E-state index contributed by atoms with van der Waals surface area (Å²) in [5, 5.41) is 6.23. The van der Waals surface area contributed by atoms with Crippen LogP contribution in [0.5, 0.6) is 0 Å². The number of hydrogen-bond donors (Lipinski definition) is 1. The first-order chi connectivity index (χ1) is 11.0. The number of carbonyl (C=O) groups is 2. The summed E-state index contributed by atoms with van der Waals surface area (Å²) in [6, 6.07) is 11.1. The molecule has 0 aliphatic rings. The van der Waals surface area contributed by atoms with Gasteiger partial charge < -0.3 is 14.7 Å². The van der Waals surface area contributed by atoms with Gasteiger partial charge in [-0.2, -0.15) is 0 Å². The zero-order chi connectivity index (χ0) is 16.7. The minimum atomic E-state index is -0.291. The summed E-state index contributed by atoms with van der Waals surface area (Å²) in [7, 11) is 0. The molecule has 2 amide bonds. The lowest BCUT2D eigenvalue weighted by molar-refractivity contribution is -0.134. The van der Waals surface area contributed by atoms with Gasteiger partial charge in [-0.05, 0) is 11.5 Å². The lowest BCUT2D eigenvalue weighted by Gasteiger charge is -2.24. The van der Waals surface area contributed by atoms with Crippen LogP contribution in [-0.2, 0) is 16.0 Å². The predicted molar refractivity (Wildman–Crippen MR) is 86.7 cm³/mol. The standard InChI is InChI=1S/C17H21N3O3/c1-13(2)11-20(12-16(21)18-15-8-9-23-19-15)17(22)10-14-6-4-3-5-7-14/h3-9,13H,10-12H2,1-2H3,(H,18,19,21). The molecule has 6 nitrogen and oxygen atoms in total. The summed E-state index contributed by atoms with van der Waals surface area (Å²) in [5.74, 6) is 0.255. The van der Waals surface area contributed by atoms with Gasteiger partial charge in [-0.25, -0.2) is 0 Å². The molecule has 1 N–H and O–H groups in total. The van der Waals surface area contributed by atoms with E-state index in [0.29, 0.717) is 12.4 Å². The van der Waals surface area contributed by atoms with E-state index in [0.717, 1.165) is 5.56 Å². The van der Waals surface area contributed by atoms with Gasteiger partial charge in [0, 0.05) is 12.6 Å². The van der Waals surface area contributed by atoms with Crippen molar-refractivity contribution in [2.24, 2.45) is 5.92 Å². The molecule has 0 radical (unpaired) electrons. The molecule has 0 atom stereocenters. The van der Waals surface area contributed by atoms with Crippen LogP contribution >= 0.6 is 0 Å². The maximum atomic E-state index is 12.5. The third-order valence-corrected chi connectivity index (χ3v) is 3.18. The third-order valence-electron chi connectivity index (χ3n) is 3.18. The van der Waals surface area contributed by atoms with Gasteiger partial charge in [0.15, 0.2) is 5.82 Å². The fraction of sp³-hybridized carbons (Fsp3) is 0.353. The number of nitrogens with one attached hydrogen (secondary N) is 1. The molecule has 23 heavy (non-hydrogen) atoms. The normalized spacial score (nSPS) is 10.6. The molecule has 0 unspecified atom stereocenters. The van der Waals surface area contributed by atoms with Gasteiger partial charge in [-0.3, -0.25) is 9.59 Å². The van der Waals surface area contributed by atoms with Crippen molar-refractivity contribution in [1.29, 1.82) is 0 Å². The third kappa shape index (κ3) is 5.58. The van der Waals surface area contributed by atoms with Crippen molar-refractivity contribution < 1.29 is 14.1 Å². The highest BCUT2D eigenvalue weighted by molar-refractivity contribution is 5.94. The Balaban J connectivity index is 1.98. The van der Waals surface area contributed by atoms with Crippen LogP contribution in [0.2, 0.25) is 0 Å². The molecule has 6 heteroatoms. The maximum absolute atomic E-state index is 12.5. The van der Waals surface area contributed by atoms with Crippen LogP contribution < -0.4 is 5.32 Å². The molecule has 2 aromatic rings. The average Bonchev–Trinajstić information content (AvgIpc) is 3.00. The fourth-order valence-corrected chi connectivity index (χ4v) is 2.21. The van der Waals surface area contributed by atoms with Gasteiger partial charge >= 0.3 is 0 Å². The highest BCUT2D eigenvalue weighted by Crippen LogP contribution is 2.07. The fourth-order valence-electron chi connectivity index (χ4n) is 2.21. The minimum Gasteiger partial charge on any atom is -0.363 e. The smallest absolute Gasteiger partial charge is 0.245 e. The van der Waals surface area contributed by atoms with Gasteiger partial charge in [0.25, 0.3) is 0 Å². The summed E-state index contributed by atoms with van der Waals surface area (Å²) in [6.45, 7) is 4.55. The van der Waals surface area contributed by atoms with Crippen LogP contribution in [-0.4, -0.2) is 35.0 Å². The number of benzene rings is 1. The van der Waals surface area contributed by atoms with Crippen molar-refractivity contribution in [3.8, 4) is 0 Å². The van der Waals surface area contributed by atoms with Crippen molar-refractivity contribution in [2.45, 2.75) is 20.3 Å². The molecule has 0 bridgehead atoms. The Morgan fingerprint density at radius 1 is 1.22 bits per heavy atom. The Labute approximate surface area is 135 Å². The highest BCUT2D eigenvalue weighted by Gasteiger charge is 2.19. The molecule has 0 saturated carbocycles.